The minimum absolute atomic E-state index is 0.604. The summed E-state index contributed by atoms with van der Waals surface area (Å²) in [6.45, 7) is 7.26. The van der Waals surface area contributed by atoms with Crippen LogP contribution in [0.3, 0.4) is 0 Å². The van der Waals surface area contributed by atoms with Crippen LogP contribution in [-0.2, 0) is 4.74 Å². The van der Waals surface area contributed by atoms with Crippen LogP contribution in [0.4, 0.5) is 0 Å². The van der Waals surface area contributed by atoms with Gasteiger partial charge in [0.2, 0.25) is 0 Å². The van der Waals surface area contributed by atoms with Crippen molar-refractivity contribution in [1.29, 1.82) is 0 Å². The lowest BCUT2D eigenvalue weighted by Crippen LogP contribution is -2.52. The minimum Gasteiger partial charge on any atom is -0.380 e. The van der Waals surface area contributed by atoms with Gasteiger partial charge in [-0.2, -0.15) is 0 Å². The van der Waals surface area contributed by atoms with E-state index in [0.717, 1.165) is 24.7 Å². The van der Waals surface area contributed by atoms with E-state index >= 15 is 0 Å². The molecule has 4 fully saturated rings. The second-order valence-electron chi connectivity index (χ2n) is 6.86. The second-order valence-corrected chi connectivity index (χ2v) is 6.86. The second kappa shape index (κ2) is 3.69. The van der Waals surface area contributed by atoms with Gasteiger partial charge >= 0.3 is 0 Å². The predicted molar refractivity (Wildman–Crippen MR) is 67.0 cm³/mol. The summed E-state index contributed by atoms with van der Waals surface area (Å²) in [5.41, 5.74) is 1.33. The summed E-state index contributed by atoms with van der Waals surface area (Å²) in [4.78, 5) is 2.80. The van der Waals surface area contributed by atoms with Gasteiger partial charge in [-0.25, -0.2) is 0 Å². The Morgan fingerprint density at radius 3 is 2.29 bits per heavy atom. The van der Waals surface area contributed by atoms with Crippen molar-refractivity contribution in [3.63, 3.8) is 0 Å². The molecule has 96 valence electrons. The molecule has 0 unspecified atom stereocenters. The molecule has 3 aliphatic heterocycles. The van der Waals surface area contributed by atoms with Gasteiger partial charge in [0.1, 0.15) is 0 Å². The molecule has 1 atom stereocenters. The third-order valence-electron chi connectivity index (χ3n) is 5.86. The van der Waals surface area contributed by atoms with Crippen LogP contribution in [0.1, 0.15) is 32.1 Å². The normalized spacial score (nSPS) is 39.2. The summed E-state index contributed by atoms with van der Waals surface area (Å²) < 4.78 is 5.41. The molecule has 3 nitrogen and oxygen atoms in total. The molecule has 17 heavy (non-hydrogen) atoms. The quantitative estimate of drug-likeness (QED) is 0.741. The highest BCUT2D eigenvalue weighted by molar-refractivity contribution is 5.11. The Morgan fingerprint density at radius 2 is 1.71 bits per heavy atom. The predicted octanol–water partition coefficient (Wildman–Crippen LogP) is 1.24. The van der Waals surface area contributed by atoms with Crippen LogP contribution in [0.25, 0.3) is 0 Å². The average Bonchev–Trinajstić information content (AvgIpc) is 3.02. The van der Waals surface area contributed by atoms with Gasteiger partial charge in [-0.3, -0.25) is 4.90 Å². The molecule has 0 amide bonds. The Balaban J connectivity index is 1.35. The van der Waals surface area contributed by atoms with Crippen LogP contribution in [0, 0.1) is 10.8 Å². The smallest absolute Gasteiger partial charge is 0.0545 e. The molecule has 4 aliphatic rings. The van der Waals surface area contributed by atoms with Crippen molar-refractivity contribution in [2.75, 3.05) is 39.4 Å². The van der Waals surface area contributed by atoms with Crippen LogP contribution >= 0.6 is 0 Å². The SMILES string of the molecule is C1CC2(CCN1)C[C@@H]2N1CCC2(CC1)COC2. The van der Waals surface area contributed by atoms with Gasteiger partial charge < -0.3 is 10.1 Å². The van der Waals surface area contributed by atoms with Crippen LogP contribution in [0.5, 0.6) is 0 Å². The minimum atomic E-state index is 0.604. The molecule has 0 aromatic rings. The number of ether oxygens (including phenoxy) is 1. The fourth-order valence-electron chi connectivity index (χ4n) is 4.29. The van der Waals surface area contributed by atoms with Gasteiger partial charge in [-0.15, -0.1) is 0 Å². The van der Waals surface area contributed by atoms with E-state index in [0.29, 0.717) is 5.41 Å². The molecular weight excluding hydrogens is 212 g/mol. The van der Waals surface area contributed by atoms with Crippen molar-refractivity contribution < 1.29 is 4.74 Å². The lowest BCUT2D eigenvalue weighted by atomic mass is 9.76. The number of nitrogens with one attached hydrogen (secondary N) is 1. The maximum absolute atomic E-state index is 5.41. The number of likely N-dealkylation sites (tertiary alicyclic amines) is 1. The van der Waals surface area contributed by atoms with Gasteiger partial charge in [0.25, 0.3) is 0 Å². The Morgan fingerprint density at radius 1 is 1.00 bits per heavy atom. The van der Waals surface area contributed by atoms with E-state index in [9.17, 15) is 0 Å². The van der Waals surface area contributed by atoms with Crippen LogP contribution in [0.15, 0.2) is 0 Å². The van der Waals surface area contributed by atoms with E-state index in [2.05, 4.69) is 10.2 Å². The summed E-state index contributed by atoms with van der Waals surface area (Å²) in [6.07, 6.45) is 7.10. The van der Waals surface area contributed by atoms with Crippen LogP contribution in [0.2, 0.25) is 0 Å². The third-order valence-corrected chi connectivity index (χ3v) is 5.86. The Kier molecular flexibility index (Phi) is 2.34. The van der Waals surface area contributed by atoms with Crippen molar-refractivity contribution in [2.24, 2.45) is 10.8 Å². The summed E-state index contributed by atoms with van der Waals surface area (Å²) >= 11 is 0. The first-order valence-electron chi connectivity index (χ1n) is 7.35. The zero-order chi connectivity index (χ0) is 11.3. The molecule has 1 saturated carbocycles. The van der Waals surface area contributed by atoms with E-state index in [1.807, 2.05) is 0 Å². The molecule has 1 aliphatic carbocycles. The zero-order valence-corrected chi connectivity index (χ0v) is 10.7. The van der Waals surface area contributed by atoms with Crippen molar-refractivity contribution >= 4 is 0 Å². The van der Waals surface area contributed by atoms with Gasteiger partial charge in [0.05, 0.1) is 13.2 Å². The first-order chi connectivity index (χ1) is 8.32. The largest absolute Gasteiger partial charge is 0.380 e. The van der Waals surface area contributed by atoms with Crippen molar-refractivity contribution in [1.82, 2.24) is 10.2 Å². The molecule has 4 rings (SSSR count). The molecule has 3 heteroatoms. The number of hydrogen-bond donors (Lipinski definition) is 1. The molecule has 0 aromatic heterocycles. The Labute approximate surface area is 104 Å². The zero-order valence-electron chi connectivity index (χ0n) is 10.7. The molecule has 3 heterocycles. The molecular formula is C14H24N2O. The van der Waals surface area contributed by atoms with E-state index in [1.54, 1.807) is 0 Å². The molecule has 2 spiro atoms. The number of hydrogen-bond acceptors (Lipinski definition) is 3. The van der Waals surface area contributed by atoms with Crippen molar-refractivity contribution in [3.8, 4) is 0 Å². The standard InChI is InChI=1S/C14H24N2O/c1-5-15-6-2-14(1)9-12(14)16-7-3-13(4-8-16)10-17-11-13/h12,15H,1-11H2/t12-/m0/s1. The van der Waals surface area contributed by atoms with Crippen molar-refractivity contribution in [3.05, 3.63) is 0 Å². The van der Waals surface area contributed by atoms with E-state index < -0.39 is 0 Å². The maximum atomic E-state index is 5.41. The molecule has 3 saturated heterocycles. The Bertz CT molecular complexity index is 297. The molecule has 0 aromatic carbocycles. The topological polar surface area (TPSA) is 24.5 Å². The third kappa shape index (κ3) is 1.66. The van der Waals surface area contributed by atoms with Gasteiger partial charge in [0.15, 0.2) is 0 Å². The lowest BCUT2D eigenvalue weighted by molar-refractivity contribution is -0.141. The number of nitrogens with zero attached hydrogens (tertiary/aromatic N) is 1. The highest BCUT2D eigenvalue weighted by atomic mass is 16.5. The summed E-state index contributed by atoms with van der Waals surface area (Å²) in [5, 5.41) is 3.50. The summed E-state index contributed by atoms with van der Waals surface area (Å²) in [6, 6.07) is 0.933. The molecule has 1 N–H and O–H groups in total. The van der Waals surface area contributed by atoms with E-state index in [4.69, 9.17) is 4.74 Å². The van der Waals surface area contributed by atoms with Gasteiger partial charge in [-0.05, 0) is 63.7 Å². The van der Waals surface area contributed by atoms with Crippen molar-refractivity contribution in [2.45, 2.75) is 38.1 Å². The highest BCUT2D eigenvalue weighted by Crippen LogP contribution is 2.56. The fourth-order valence-corrected chi connectivity index (χ4v) is 4.29. The molecule has 0 bridgehead atoms. The van der Waals surface area contributed by atoms with E-state index in [1.165, 1.54) is 58.3 Å². The summed E-state index contributed by atoms with van der Waals surface area (Å²) in [7, 11) is 0. The lowest BCUT2D eigenvalue weighted by Gasteiger charge is -2.48. The molecule has 0 radical (unpaired) electrons. The summed E-state index contributed by atoms with van der Waals surface area (Å²) in [5.74, 6) is 0. The number of piperidine rings is 2. The van der Waals surface area contributed by atoms with E-state index in [-0.39, 0.29) is 0 Å². The van der Waals surface area contributed by atoms with Crippen LogP contribution < -0.4 is 5.32 Å². The van der Waals surface area contributed by atoms with Gasteiger partial charge in [0, 0.05) is 11.5 Å². The average molecular weight is 236 g/mol. The maximum Gasteiger partial charge on any atom is 0.0545 e. The monoisotopic (exact) mass is 236 g/mol. The highest BCUT2D eigenvalue weighted by Gasteiger charge is 2.57. The first-order valence-corrected chi connectivity index (χ1v) is 7.35. The van der Waals surface area contributed by atoms with Gasteiger partial charge in [-0.1, -0.05) is 0 Å². The number of rotatable bonds is 1. The van der Waals surface area contributed by atoms with Crippen LogP contribution in [-0.4, -0.2) is 50.3 Å². The Hall–Kier alpha value is -0.120. The first kappa shape index (κ1) is 10.8. The fraction of sp³-hybridized carbons (Fsp3) is 1.00.